The summed E-state index contributed by atoms with van der Waals surface area (Å²) in [7, 11) is 1.72. The second-order valence-electron chi connectivity index (χ2n) is 3.55. The number of rotatable bonds is 3. The number of anilines is 2. The minimum Gasteiger partial charge on any atom is -0.372 e. The SMILES string of the molecule is CNc1ncc(Br)cc1C(=O)Nc1nc(C)cs1. The number of amides is 1. The zero-order chi connectivity index (χ0) is 13.1. The van der Waals surface area contributed by atoms with Crippen LogP contribution in [0.3, 0.4) is 0 Å². The first-order valence-corrected chi connectivity index (χ1v) is 6.84. The van der Waals surface area contributed by atoms with Crippen molar-refractivity contribution in [3.63, 3.8) is 0 Å². The van der Waals surface area contributed by atoms with Crippen LogP contribution in [0.2, 0.25) is 0 Å². The van der Waals surface area contributed by atoms with Gasteiger partial charge in [0.1, 0.15) is 5.82 Å². The van der Waals surface area contributed by atoms with Gasteiger partial charge in [0.05, 0.1) is 11.3 Å². The summed E-state index contributed by atoms with van der Waals surface area (Å²) >= 11 is 4.69. The van der Waals surface area contributed by atoms with Gasteiger partial charge in [-0.15, -0.1) is 11.3 Å². The highest BCUT2D eigenvalue weighted by Crippen LogP contribution is 2.20. The zero-order valence-electron chi connectivity index (χ0n) is 9.82. The zero-order valence-corrected chi connectivity index (χ0v) is 12.2. The smallest absolute Gasteiger partial charge is 0.261 e. The van der Waals surface area contributed by atoms with Crippen LogP contribution in [0, 0.1) is 6.92 Å². The van der Waals surface area contributed by atoms with Crippen molar-refractivity contribution < 1.29 is 4.79 Å². The number of halogens is 1. The Morgan fingerprint density at radius 1 is 1.50 bits per heavy atom. The summed E-state index contributed by atoms with van der Waals surface area (Å²) in [6.07, 6.45) is 1.64. The summed E-state index contributed by atoms with van der Waals surface area (Å²) in [6.45, 7) is 1.88. The van der Waals surface area contributed by atoms with E-state index in [-0.39, 0.29) is 5.91 Å². The van der Waals surface area contributed by atoms with E-state index in [1.54, 1.807) is 19.3 Å². The van der Waals surface area contributed by atoms with Crippen LogP contribution in [0.4, 0.5) is 10.9 Å². The summed E-state index contributed by atoms with van der Waals surface area (Å²) in [6, 6.07) is 1.72. The van der Waals surface area contributed by atoms with Crippen LogP contribution in [0.25, 0.3) is 0 Å². The summed E-state index contributed by atoms with van der Waals surface area (Å²) in [4.78, 5) is 20.4. The molecule has 0 aliphatic carbocycles. The Morgan fingerprint density at radius 3 is 2.89 bits per heavy atom. The molecule has 0 bridgehead atoms. The minimum atomic E-state index is -0.234. The maximum atomic E-state index is 12.1. The number of carbonyl (C=O) groups excluding carboxylic acids is 1. The molecule has 0 aliphatic heterocycles. The maximum Gasteiger partial charge on any atom is 0.261 e. The molecule has 18 heavy (non-hydrogen) atoms. The van der Waals surface area contributed by atoms with Gasteiger partial charge in [0, 0.05) is 23.1 Å². The van der Waals surface area contributed by atoms with Gasteiger partial charge in [0.25, 0.3) is 5.91 Å². The normalized spacial score (nSPS) is 10.2. The molecule has 0 unspecified atom stereocenters. The van der Waals surface area contributed by atoms with E-state index in [9.17, 15) is 4.79 Å². The number of aryl methyl sites for hydroxylation is 1. The van der Waals surface area contributed by atoms with Crippen LogP contribution in [0.15, 0.2) is 22.1 Å². The van der Waals surface area contributed by atoms with Crippen molar-refractivity contribution in [3.05, 3.63) is 33.4 Å². The van der Waals surface area contributed by atoms with Gasteiger partial charge in [-0.25, -0.2) is 9.97 Å². The first-order chi connectivity index (χ1) is 8.60. The first-order valence-electron chi connectivity index (χ1n) is 5.17. The van der Waals surface area contributed by atoms with Gasteiger partial charge < -0.3 is 5.32 Å². The average molecular weight is 327 g/mol. The number of hydrogen-bond donors (Lipinski definition) is 2. The third kappa shape index (κ3) is 2.85. The molecule has 2 N–H and O–H groups in total. The number of nitrogens with zero attached hydrogens (tertiary/aromatic N) is 2. The molecule has 94 valence electrons. The number of aromatic nitrogens is 2. The van der Waals surface area contributed by atoms with Crippen molar-refractivity contribution in [1.82, 2.24) is 9.97 Å². The number of hydrogen-bond acceptors (Lipinski definition) is 5. The molecule has 0 fully saturated rings. The largest absolute Gasteiger partial charge is 0.372 e. The second-order valence-corrected chi connectivity index (χ2v) is 5.32. The third-order valence-corrected chi connectivity index (χ3v) is 3.48. The molecular formula is C11H11BrN4OS. The van der Waals surface area contributed by atoms with Crippen LogP contribution < -0.4 is 10.6 Å². The fraction of sp³-hybridized carbons (Fsp3) is 0.182. The van der Waals surface area contributed by atoms with Crippen LogP contribution in [-0.2, 0) is 0 Å². The predicted molar refractivity (Wildman–Crippen MR) is 76.3 cm³/mol. The van der Waals surface area contributed by atoms with E-state index in [0.29, 0.717) is 16.5 Å². The van der Waals surface area contributed by atoms with Gasteiger partial charge in [0.15, 0.2) is 5.13 Å². The Labute approximate surface area is 117 Å². The third-order valence-electron chi connectivity index (χ3n) is 2.18. The average Bonchev–Trinajstić information content (AvgIpc) is 2.74. The number of carbonyl (C=O) groups is 1. The van der Waals surface area contributed by atoms with E-state index in [1.165, 1.54) is 11.3 Å². The minimum absolute atomic E-state index is 0.234. The van der Waals surface area contributed by atoms with E-state index < -0.39 is 0 Å². The molecule has 0 radical (unpaired) electrons. The summed E-state index contributed by atoms with van der Waals surface area (Å²) < 4.78 is 0.752. The fourth-order valence-electron chi connectivity index (χ4n) is 1.39. The number of thiazole rings is 1. The lowest BCUT2D eigenvalue weighted by Gasteiger charge is -2.07. The Bertz CT molecular complexity index is 584. The van der Waals surface area contributed by atoms with Gasteiger partial charge in [0.2, 0.25) is 0 Å². The Morgan fingerprint density at radius 2 is 2.28 bits per heavy atom. The molecule has 0 aliphatic rings. The van der Waals surface area contributed by atoms with Crippen LogP contribution >= 0.6 is 27.3 Å². The Hall–Kier alpha value is -1.47. The molecule has 0 atom stereocenters. The Balaban J connectivity index is 2.25. The maximum absolute atomic E-state index is 12.1. The molecule has 0 saturated heterocycles. The van der Waals surface area contributed by atoms with Gasteiger partial charge >= 0.3 is 0 Å². The van der Waals surface area contributed by atoms with Crippen molar-refractivity contribution >= 4 is 44.1 Å². The van der Waals surface area contributed by atoms with Gasteiger partial charge in [-0.3, -0.25) is 10.1 Å². The molecule has 0 spiro atoms. The van der Waals surface area contributed by atoms with Gasteiger partial charge in [-0.05, 0) is 28.9 Å². The van der Waals surface area contributed by atoms with E-state index >= 15 is 0 Å². The van der Waals surface area contributed by atoms with Crippen molar-refractivity contribution in [2.24, 2.45) is 0 Å². The lowest BCUT2D eigenvalue weighted by molar-refractivity contribution is 0.102. The van der Waals surface area contributed by atoms with E-state index in [1.807, 2.05) is 12.3 Å². The lowest BCUT2D eigenvalue weighted by atomic mass is 10.2. The molecule has 1 amide bonds. The molecule has 0 aromatic carbocycles. The first kappa shape index (κ1) is 13.0. The van der Waals surface area contributed by atoms with E-state index in [2.05, 4.69) is 36.5 Å². The monoisotopic (exact) mass is 326 g/mol. The standard InChI is InChI=1S/C11H11BrN4OS/c1-6-5-18-11(15-6)16-10(17)8-3-7(12)4-14-9(8)13-2/h3-5H,1-2H3,(H,13,14)(H,15,16,17). The van der Waals surface area contributed by atoms with Crippen LogP contribution in [-0.4, -0.2) is 22.9 Å². The van der Waals surface area contributed by atoms with Crippen molar-refractivity contribution in [1.29, 1.82) is 0 Å². The molecule has 2 heterocycles. The lowest BCUT2D eigenvalue weighted by Crippen LogP contribution is -2.14. The molecule has 5 nitrogen and oxygen atoms in total. The van der Waals surface area contributed by atoms with Crippen LogP contribution in [0.5, 0.6) is 0 Å². The molecule has 2 aromatic rings. The van der Waals surface area contributed by atoms with Gasteiger partial charge in [-0.1, -0.05) is 0 Å². The summed E-state index contributed by atoms with van der Waals surface area (Å²) in [5.41, 5.74) is 1.36. The topological polar surface area (TPSA) is 66.9 Å². The highest BCUT2D eigenvalue weighted by atomic mass is 79.9. The Kier molecular flexibility index (Phi) is 3.93. The molecule has 2 rings (SSSR count). The van der Waals surface area contributed by atoms with E-state index in [0.717, 1.165) is 10.2 Å². The van der Waals surface area contributed by atoms with Crippen molar-refractivity contribution in [3.8, 4) is 0 Å². The highest BCUT2D eigenvalue weighted by Gasteiger charge is 2.14. The summed E-state index contributed by atoms with van der Waals surface area (Å²) in [5.74, 6) is 0.298. The quantitative estimate of drug-likeness (QED) is 0.910. The molecule has 7 heteroatoms. The van der Waals surface area contributed by atoms with E-state index in [4.69, 9.17) is 0 Å². The molecular weight excluding hydrogens is 316 g/mol. The fourth-order valence-corrected chi connectivity index (χ4v) is 2.40. The number of nitrogens with one attached hydrogen (secondary N) is 2. The second kappa shape index (κ2) is 5.45. The predicted octanol–water partition coefficient (Wildman–Crippen LogP) is 2.90. The summed E-state index contributed by atoms with van der Waals surface area (Å²) in [5, 5.41) is 8.10. The van der Waals surface area contributed by atoms with Crippen molar-refractivity contribution in [2.45, 2.75) is 6.92 Å². The highest BCUT2D eigenvalue weighted by molar-refractivity contribution is 9.10. The number of pyridine rings is 1. The van der Waals surface area contributed by atoms with Crippen molar-refractivity contribution in [2.75, 3.05) is 17.7 Å². The van der Waals surface area contributed by atoms with Gasteiger partial charge in [-0.2, -0.15) is 0 Å². The molecule has 0 saturated carbocycles. The van der Waals surface area contributed by atoms with Crippen LogP contribution in [0.1, 0.15) is 16.1 Å². The molecule has 2 aromatic heterocycles.